The van der Waals surface area contributed by atoms with Gasteiger partial charge in [0, 0.05) is 54.0 Å². The van der Waals surface area contributed by atoms with E-state index in [-0.39, 0.29) is 5.91 Å². The van der Waals surface area contributed by atoms with Crippen LogP contribution in [0.15, 0.2) is 41.8 Å². The molecule has 0 saturated carbocycles. The molecule has 32 heavy (non-hydrogen) atoms. The van der Waals surface area contributed by atoms with Crippen molar-refractivity contribution in [3.05, 3.63) is 58.1 Å². The van der Waals surface area contributed by atoms with Crippen LogP contribution in [0.25, 0.3) is 0 Å². The third kappa shape index (κ3) is 4.76. The second-order valence-electron chi connectivity index (χ2n) is 7.44. The number of thiazole rings is 1. The third-order valence-corrected chi connectivity index (χ3v) is 6.43. The minimum atomic E-state index is -0.0518. The van der Waals surface area contributed by atoms with E-state index in [1.54, 1.807) is 19.6 Å². The molecule has 3 aromatic rings. The lowest BCUT2D eigenvalue weighted by Gasteiger charge is -2.36. The summed E-state index contributed by atoms with van der Waals surface area (Å²) in [5.74, 6) is 1.22. The summed E-state index contributed by atoms with van der Waals surface area (Å²) in [4.78, 5) is 21.6. The van der Waals surface area contributed by atoms with Gasteiger partial charge in [0.05, 0.1) is 14.2 Å². The van der Waals surface area contributed by atoms with E-state index in [0.29, 0.717) is 35.4 Å². The third-order valence-electron chi connectivity index (χ3n) is 5.44. The number of carbonyl (C=O) groups is 1. The predicted molar refractivity (Wildman–Crippen MR) is 129 cm³/mol. The molecular formula is C23H25ClN4O3S. The molecule has 7 nitrogen and oxygen atoms in total. The van der Waals surface area contributed by atoms with Crippen LogP contribution in [0.3, 0.4) is 0 Å². The molecular weight excluding hydrogens is 448 g/mol. The number of methoxy groups -OCH3 is 2. The molecule has 0 spiro atoms. The molecule has 1 aromatic heterocycles. The molecule has 1 aliphatic rings. The SMILES string of the molecule is COc1ccc(Nc2nc(C(=O)N3CCN(c4cc(Cl)ccc4C)CC3)cs2)cc1OC. The number of aromatic nitrogens is 1. The first-order chi connectivity index (χ1) is 15.5. The van der Waals surface area contributed by atoms with Gasteiger partial charge in [-0.25, -0.2) is 4.98 Å². The molecule has 2 heterocycles. The monoisotopic (exact) mass is 472 g/mol. The predicted octanol–water partition coefficient (Wildman–Crippen LogP) is 4.83. The molecule has 0 radical (unpaired) electrons. The topological polar surface area (TPSA) is 66.9 Å². The average molecular weight is 473 g/mol. The Bertz CT molecular complexity index is 1110. The van der Waals surface area contributed by atoms with Gasteiger partial charge in [0.15, 0.2) is 16.6 Å². The summed E-state index contributed by atoms with van der Waals surface area (Å²) in [7, 11) is 3.19. The molecule has 2 aromatic carbocycles. The quantitative estimate of drug-likeness (QED) is 0.554. The van der Waals surface area contributed by atoms with Crippen molar-refractivity contribution < 1.29 is 14.3 Å². The zero-order chi connectivity index (χ0) is 22.7. The van der Waals surface area contributed by atoms with Gasteiger partial charge >= 0.3 is 0 Å². The number of rotatable bonds is 6. The lowest BCUT2D eigenvalue weighted by Crippen LogP contribution is -2.49. The standard InChI is InChI=1S/C23H25ClN4O3S/c1-15-4-5-16(24)12-19(15)27-8-10-28(11-9-27)22(29)18-14-32-23(26-18)25-17-6-7-20(30-2)21(13-17)31-3/h4-7,12-14H,8-11H2,1-3H3,(H,25,26). The number of benzene rings is 2. The van der Waals surface area contributed by atoms with Crippen molar-refractivity contribution in [3.63, 3.8) is 0 Å². The van der Waals surface area contributed by atoms with Crippen LogP contribution in [0.2, 0.25) is 5.02 Å². The number of nitrogens with one attached hydrogen (secondary N) is 1. The van der Waals surface area contributed by atoms with Crippen LogP contribution in [-0.2, 0) is 0 Å². The smallest absolute Gasteiger partial charge is 0.273 e. The fraction of sp³-hybridized carbons (Fsp3) is 0.304. The Morgan fingerprint density at radius 3 is 2.53 bits per heavy atom. The van der Waals surface area contributed by atoms with Crippen LogP contribution < -0.4 is 19.7 Å². The second kappa shape index (κ2) is 9.67. The van der Waals surface area contributed by atoms with Crippen molar-refractivity contribution in [1.29, 1.82) is 0 Å². The molecule has 0 atom stereocenters. The van der Waals surface area contributed by atoms with Crippen LogP contribution in [0.4, 0.5) is 16.5 Å². The van der Waals surface area contributed by atoms with Crippen molar-refractivity contribution in [3.8, 4) is 11.5 Å². The zero-order valence-corrected chi connectivity index (χ0v) is 19.8. The number of piperazine rings is 1. The maximum Gasteiger partial charge on any atom is 0.273 e. The number of aryl methyl sites for hydroxylation is 1. The second-order valence-corrected chi connectivity index (χ2v) is 8.74. The van der Waals surface area contributed by atoms with E-state index < -0.39 is 0 Å². The number of nitrogens with zero attached hydrogens (tertiary/aromatic N) is 3. The van der Waals surface area contributed by atoms with Crippen LogP contribution in [0.5, 0.6) is 11.5 Å². The summed E-state index contributed by atoms with van der Waals surface area (Å²) in [6, 6.07) is 11.4. The lowest BCUT2D eigenvalue weighted by atomic mass is 10.1. The Balaban J connectivity index is 1.39. The number of hydrogen-bond acceptors (Lipinski definition) is 7. The Hall–Kier alpha value is -2.97. The van der Waals surface area contributed by atoms with E-state index in [0.717, 1.165) is 29.5 Å². The molecule has 0 aliphatic carbocycles. The molecule has 1 fully saturated rings. The normalized spacial score (nSPS) is 13.8. The molecule has 9 heteroatoms. The number of amides is 1. The van der Waals surface area contributed by atoms with Gasteiger partial charge in [0.25, 0.3) is 5.91 Å². The summed E-state index contributed by atoms with van der Waals surface area (Å²) < 4.78 is 10.6. The van der Waals surface area contributed by atoms with E-state index in [1.807, 2.05) is 41.3 Å². The Labute approximate surface area is 196 Å². The fourth-order valence-electron chi connectivity index (χ4n) is 3.70. The van der Waals surface area contributed by atoms with E-state index >= 15 is 0 Å². The molecule has 4 rings (SSSR count). The Kier molecular flexibility index (Phi) is 6.72. The van der Waals surface area contributed by atoms with Gasteiger partial charge in [0.2, 0.25) is 0 Å². The summed E-state index contributed by atoms with van der Waals surface area (Å²) in [5.41, 5.74) is 3.56. The van der Waals surface area contributed by atoms with Gasteiger partial charge in [-0.05, 0) is 36.8 Å². The van der Waals surface area contributed by atoms with Crippen LogP contribution >= 0.6 is 22.9 Å². The summed E-state index contributed by atoms with van der Waals surface area (Å²) in [5, 5.41) is 6.39. The molecule has 1 amide bonds. The molecule has 0 bridgehead atoms. The van der Waals surface area contributed by atoms with Gasteiger partial charge in [0.1, 0.15) is 5.69 Å². The minimum Gasteiger partial charge on any atom is -0.493 e. The first-order valence-electron chi connectivity index (χ1n) is 10.2. The van der Waals surface area contributed by atoms with Crippen LogP contribution in [0.1, 0.15) is 16.1 Å². The summed E-state index contributed by atoms with van der Waals surface area (Å²) in [6.07, 6.45) is 0. The average Bonchev–Trinajstić information content (AvgIpc) is 3.28. The highest BCUT2D eigenvalue weighted by atomic mass is 35.5. The first kappa shape index (κ1) is 22.2. The van der Waals surface area contributed by atoms with Gasteiger partial charge in [-0.15, -0.1) is 11.3 Å². The zero-order valence-electron chi connectivity index (χ0n) is 18.2. The van der Waals surface area contributed by atoms with Crippen molar-refractivity contribution in [2.75, 3.05) is 50.6 Å². The number of halogens is 1. The van der Waals surface area contributed by atoms with E-state index in [1.165, 1.54) is 16.9 Å². The molecule has 0 unspecified atom stereocenters. The molecule has 1 N–H and O–H groups in total. The highest BCUT2D eigenvalue weighted by Gasteiger charge is 2.25. The highest BCUT2D eigenvalue weighted by molar-refractivity contribution is 7.14. The summed E-state index contributed by atoms with van der Waals surface area (Å²) in [6.45, 7) is 4.87. The number of ether oxygens (including phenoxy) is 2. The maximum absolute atomic E-state index is 13.0. The van der Waals surface area contributed by atoms with Crippen molar-refractivity contribution in [2.45, 2.75) is 6.92 Å². The molecule has 1 saturated heterocycles. The molecule has 1 aliphatic heterocycles. The Morgan fingerprint density at radius 1 is 1.06 bits per heavy atom. The van der Waals surface area contributed by atoms with Crippen LogP contribution in [-0.4, -0.2) is 56.2 Å². The van der Waals surface area contributed by atoms with E-state index in [4.69, 9.17) is 21.1 Å². The number of carbonyl (C=O) groups excluding carboxylic acids is 1. The molecule has 168 valence electrons. The minimum absolute atomic E-state index is 0.0518. The lowest BCUT2D eigenvalue weighted by molar-refractivity contribution is 0.0742. The number of anilines is 3. The fourth-order valence-corrected chi connectivity index (χ4v) is 4.57. The van der Waals surface area contributed by atoms with Gasteiger partial charge < -0.3 is 24.6 Å². The largest absolute Gasteiger partial charge is 0.493 e. The van der Waals surface area contributed by atoms with Crippen molar-refractivity contribution in [2.24, 2.45) is 0 Å². The first-order valence-corrected chi connectivity index (χ1v) is 11.5. The highest BCUT2D eigenvalue weighted by Crippen LogP contribution is 2.32. The Morgan fingerprint density at radius 2 is 1.81 bits per heavy atom. The summed E-state index contributed by atoms with van der Waals surface area (Å²) >= 11 is 7.56. The van der Waals surface area contributed by atoms with Gasteiger partial charge in [-0.1, -0.05) is 17.7 Å². The van der Waals surface area contributed by atoms with Gasteiger partial charge in [-0.3, -0.25) is 4.79 Å². The van der Waals surface area contributed by atoms with E-state index in [9.17, 15) is 4.79 Å². The number of hydrogen-bond donors (Lipinski definition) is 1. The van der Waals surface area contributed by atoms with Crippen LogP contribution in [0, 0.1) is 6.92 Å². The van der Waals surface area contributed by atoms with Gasteiger partial charge in [-0.2, -0.15) is 0 Å². The maximum atomic E-state index is 13.0. The van der Waals surface area contributed by atoms with Crippen molar-refractivity contribution in [1.82, 2.24) is 9.88 Å². The van der Waals surface area contributed by atoms with E-state index in [2.05, 4.69) is 22.1 Å². The van der Waals surface area contributed by atoms with Crippen molar-refractivity contribution >= 4 is 45.4 Å².